The SMILES string of the molecule is Cn1cc(NC(=O)CCCCCCCCCCCNC(=O)OC(C)(C)C)c(-c2ccccn2)n1. The first kappa shape index (κ1) is 27.3. The molecule has 2 heterocycles. The minimum absolute atomic E-state index is 0.0187. The Kier molecular flexibility index (Phi) is 11.6. The van der Waals surface area contributed by atoms with Crippen molar-refractivity contribution in [3.63, 3.8) is 0 Å². The van der Waals surface area contributed by atoms with Gasteiger partial charge in [0.15, 0.2) is 0 Å². The zero-order valence-electron chi connectivity index (χ0n) is 21.2. The van der Waals surface area contributed by atoms with Crippen molar-refractivity contribution in [2.75, 3.05) is 11.9 Å². The number of alkyl carbamates (subject to hydrolysis) is 1. The monoisotopic (exact) mass is 471 g/mol. The number of hydrogen-bond acceptors (Lipinski definition) is 5. The van der Waals surface area contributed by atoms with Crippen molar-refractivity contribution in [2.45, 2.75) is 90.6 Å². The van der Waals surface area contributed by atoms with Gasteiger partial charge in [0, 0.05) is 32.4 Å². The molecular weight excluding hydrogens is 430 g/mol. The van der Waals surface area contributed by atoms with Crippen molar-refractivity contribution in [3.05, 3.63) is 30.6 Å². The Labute approximate surface area is 203 Å². The number of pyridine rings is 1. The minimum atomic E-state index is -0.448. The van der Waals surface area contributed by atoms with Crippen LogP contribution in [0, 0.1) is 0 Å². The fraction of sp³-hybridized carbons (Fsp3) is 0.615. The molecule has 0 aromatic carbocycles. The molecule has 0 bridgehead atoms. The van der Waals surface area contributed by atoms with Crippen LogP contribution >= 0.6 is 0 Å². The van der Waals surface area contributed by atoms with Crippen molar-refractivity contribution >= 4 is 17.7 Å². The molecule has 2 aromatic rings. The molecular formula is C26H41N5O3. The first-order valence-corrected chi connectivity index (χ1v) is 12.5. The number of hydrogen-bond donors (Lipinski definition) is 2. The average Bonchev–Trinajstić information content (AvgIpc) is 3.13. The maximum atomic E-state index is 12.4. The van der Waals surface area contributed by atoms with Gasteiger partial charge in [0.1, 0.15) is 11.3 Å². The highest BCUT2D eigenvalue weighted by Crippen LogP contribution is 2.24. The van der Waals surface area contributed by atoms with Gasteiger partial charge in [0.05, 0.1) is 11.4 Å². The molecule has 0 aliphatic carbocycles. The van der Waals surface area contributed by atoms with Gasteiger partial charge in [-0.15, -0.1) is 0 Å². The van der Waals surface area contributed by atoms with Crippen LogP contribution in [0.3, 0.4) is 0 Å². The van der Waals surface area contributed by atoms with Crippen LogP contribution in [0.4, 0.5) is 10.5 Å². The molecule has 2 N–H and O–H groups in total. The Balaban J connectivity index is 1.47. The molecule has 2 amide bonds. The summed E-state index contributed by atoms with van der Waals surface area (Å²) in [7, 11) is 1.84. The summed E-state index contributed by atoms with van der Waals surface area (Å²) < 4.78 is 6.91. The topological polar surface area (TPSA) is 98.1 Å². The Hall–Kier alpha value is -2.90. The number of ether oxygens (including phenoxy) is 1. The number of unbranched alkanes of at least 4 members (excludes halogenated alkanes) is 8. The molecule has 0 radical (unpaired) electrons. The van der Waals surface area contributed by atoms with Gasteiger partial charge in [-0.05, 0) is 45.7 Å². The summed E-state index contributed by atoms with van der Waals surface area (Å²) in [5.41, 5.74) is 1.69. The lowest BCUT2D eigenvalue weighted by molar-refractivity contribution is -0.116. The van der Waals surface area contributed by atoms with Gasteiger partial charge in [-0.25, -0.2) is 4.79 Å². The number of aryl methyl sites for hydroxylation is 1. The average molecular weight is 472 g/mol. The first-order valence-electron chi connectivity index (χ1n) is 12.5. The van der Waals surface area contributed by atoms with E-state index < -0.39 is 5.60 Å². The molecule has 0 saturated carbocycles. The highest BCUT2D eigenvalue weighted by Gasteiger charge is 2.15. The lowest BCUT2D eigenvalue weighted by Gasteiger charge is -2.19. The normalized spacial score (nSPS) is 11.3. The van der Waals surface area contributed by atoms with Crippen LogP contribution in [0.5, 0.6) is 0 Å². The number of anilines is 1. The van der Waals surface area contributed by atoms with E-state index in [2.05, 4.69) is 20.7 Å². The van der Waals surface area contributed by atoms with Crippen molar-refractivity contribution in [1.82, 2.24) is 20.1 Å². The van der Waals surface area contributed by atoms with Crippen molar-refractivity contribution in [2.24, 2.45) is 7.05 Å². The predicted molar refractivity (Wildman–Crippen MR) is 135 cm³/mol. The van der Waals surface area contributed by atoms with Crippen molar-refractivity contribution < 1.29 is 14.3 Å². The van der Waals surface area contributed by atoms with Crippen LogP contribution < -0.4 is 10.6 Å². The van der Waals surface area contributed by atoms with Gasteiger partial charge in [-0.2, -0.15) is 5.10 Å². The molecule has 0 aliphatic heterocycles. The van der Waals surface area contributed by atoms with Gasteiger partial charge in [0.2, 0.25) is 5.91 Å². The number of aromatic nitrogens is 3. The number of nitrogens with zero attached hydrogens (tertiary/aromatic N) is 3. The van der Waals surface area contributed by atoms with E-state index in [4.69, 9.17) is 4.74 Å². The lowest BCUT2D eigenvalue weighted by Crippen LogP contribution is -2.32. The van der Waals surface area contributed by atoms with Gasteiger partial charge in [-0.1, -0.05) is 51.0 Å². The van der Waals surface area contributed by atoms with Crippen molar-refractivity contribution in [3.8, 4) is 11.4 Å². The van der Waals surface area contributed by atoms with Crippen LogP contribution in [0.25, 0.3) is 11.4 Å². The third-order valence-corrected chi connectivity index (χ3v) is 5.26. The molecule has 0 atom stereocenters. The van der Waals surface area contributed by atoms with E-state index in [-0.39, 0.29) is 12.0 Å². The van der Waals surface area contributed by atoms with E-state index in [0.717, 1.165) is 37.8 Å². The van der Waals surface area contributed by atoms with E-state index in [9.17, 15) is 9.59 Å². The zero-order valence-corrected chi connectivity index (χ0v) is 21.2. The molecule has 2 aromatic heterocycles. The molecule has 0 fully saturated rings. The van der Waals surface area contributed by atoms with E-state index in [1.807, 2.05) is 52.2 Å². The van der Waals surface area contributed by atoms with E-state index in [1.165, 1.54) is 25.7 Å². The van der Waals surface area contributed by atoms with Crippen LogP contribution in [-0.2, 0) is 16.6 Å². The molecule has 8 heteroatoms. The van der Waals surface area contributed by atoms with Crippen LogP contribution in [0.15, 0.2) is 30.6 Å². The molecule has 0 saturated heterocycles. The molecule has 34 heavy (non-hydrogen) atoms. The quantitative estimate of drug-likeness (QED) is 0.337. The number of rotatable bonds is 14. The predicted octanol–water partition coefficient (Wildman–Crippen LogP) is 5.85. The molecule has 188 valence electrons. The summed E-state index contributed by atoms with van der Waals surface area (Å²) in [4.78, 5) is 28.3. The third kappa shape index (κ3) is 11.3. The number of carbonyl (C=O) groups is 2. The Bertz CT molecular complexity index is 874. The van der Waals surface area contributed by atoms with Gasteiger partial charge in [0.25, 0.3) is 0 Å². The van der Waals surface area contributed by atoms with Gasteiger partial charge >= 0.3 is 6.09 Å². The maximum absolute atomic E-state index is 12.4. The molecule has 0 unspecified atom stereocenters. The summed E-state index contributed by atoms with van der Waals surface area (Å²) in [5.74, 6) is 0.0187. The largest absolute Gasteiger partial charge is 0.444 e. The maximum Gasteiger partial charge on any atom is 0.407 e. The second kappa shape index (κ2) is 14.4. The second-order valence-electron chi connectivity index (χ2n) is 9.69. The summed E-state index contributed by atoms with van der Waals surface area (Å²) in [6, 6.07) is 5.66. The van der Waals surface area contributed by atoms with Crippen LogP contribution in [-0.4, -0.2) is 38.9 Å². The Morgan fingerprint density at radius 1 is 0.971 bits per heavy atom. The summed E-state index contributed by atoms with van der Waals surface area (Å²) in [5, 5.41) is 10.2. The highest BCUT2D eigenvalue weighted by molar-refractivity contribution is 5.94. The van der Waals surface area contributed by atoms with E-state index >= 15 is 0 Å². The molecule has 0 spiro atoms. The smallest absolute Gasteiger partial charge is 0.407 e. The summed E-state index contributed by atoms with van der Waals surface area (Å²) >= 11 is 0. The fourth-order valence-corrected chi connectivity index (χ4v) is 3.64. The number of nitrogens with one attached hydrogen (secondary N) is 2. The fourth-order valence-electron chi connectivity index (χ4n) is 3.64. The zero-order chi connectivity index (χ0) is 24.8. The minimum Gasteiger partial charge on any atom is -0.444 e. The second-order valence-corrected chi connectivity index (χ2v) is 9.69. The molecule has 2 rings (SSSR count). The van der Waals surface area contributed by atoms with Gasteiger partial charge < -0.3 is 15.4 Å². The standard InChI is InChI=1S/C26H41N5O3/c1-26(2,3)34-25(33)28-19-14-11-9-7-5-6-8-10-12-17-23(32)29-22-20-31(4)30-24(22)21-16-13-15-18-27-21/h13,15-16,18,20H,5-12,14,17,19H2,1-4H3,(H,28,33)(H,29,32). The van der Waals surface area contributed by atoms with Crippen LogP contribution in [0.2, 0.25) is 0 Å². The third-order valence-electron chi connectivity index (χ3n) is 5.26. The first-order chi connectivity index (χ1) is 16.2. The van der Waals surface area contributed by atoms with E-state index in [0.29, 0.717) is 24.3 Å². The van der Waals surface area contributed by atoms with Crippen molar-refractivity contribution in [1.29, 1.82) is 0 Å². The summed E-state index contributed by atoms with van der Waals surface area (Å²) in [6.45, 7) is 6.26. The summed E-state index contributed by atoms with van der Waals surface area (Å²) in [6.07, 6.45) is 13.7. The lowest BCUT2D eigenvalue weighted by atomic mass is 10.1. The number of amides is 2. The van der Waals surface area contributed by atoms with Gasteiger partial charge in [-0.3, -0.25) is 14.5 Å². The van der Waals surface area contributed by atoms with Crippen LogP contribution in [0.1, 0.15) is 85.0 Å². The Morgan fingerprint density at radius 2 is 1.62 bits per heavy atom. The molecule has 8 nitrogen and oxygen atoms in total. The highest BCUT2D eigenvalue weighted by atomic mass is 16.6. The Morgan fingerprint density at radius 3 is 2.24 bits per heavy atom. The van der Waals surface area contributed by atoms with E-state index in [1.54, 1.807) is 10.9 Å². The molecule has 0 aliphatic rings. The number of carbonyl (C=O) groups excluding carboxylic acids is 2.